The summed E-state index contributed by atoms with van der Waals surface area (Å²) in [6.07, 6.45) is 12.4. The van der Waals surface area contributed by atoms with E-state index in [1.807, 2.05) is 31.6 Å². The lowest BCUT2D eigenvalue weighted by atomic mass is 9.96. The molecule has 46 heavy (non-hydrogen) atoms. The smallest absolute Gasteiger partial charge is 0.156 e. The van der Waals surface area contributed by atoms with Crippen LogP contribution in [0.4, 0.5) is 17.2 Å². The molecule has 0 bridgehead atoms. The van der Waals surface area contributed by atoms with Gasteiger partial charge in [0, 0.05) is 37.7 Å². The van der Waals surface area contributed by atoms with Gasteiger partial charge in [-0.15, -0.1) is 0 Å². The number of ether oxygens (including phenoxy) is 1. The van der Waals surface area contributed by atoms with Crippen LogP contribution in [-0.4, -0.2) is 31.0 Å². The number of aliphatic imine (C=N–C) groups is 1. The van der Waals surface area contributed by atoms with E-state index in [2.05, 4.69) is 107 Å². The number of anilines is 3. The van der Waals surface area contributed by atoms with Crippen molar-refractivity contribution in [1.29, 1.82) is 0 Å². The summed E-state index contributed by atoms with van der Waals surface area (Å²) in [7, 11) is 2.03. The van der Waals surface area contributed by atoms with Crippen molar-refractivity contribution in [2.24, 2.45) is 10.9 Å². The van der Waals surface area contributed by atoms with E-state index in [0.717, 1.165) is 90.1 Å². The Labute approximate surface area is 278 Å². The van der Waals surface area contributed by atoms with Gasteiger partial charge in [0.25, 0.3) is 0 Å². The van der Waals surface area contributed by atoms with E-state index in [1.54, 1.807) is 0 Å². The van der Waals surface area contributed by atoms with Gasteiger partial charge in [-0.05, 0) is 123 Å². The van der Waals surface area contributed by atoms with Gasteiger partial charge in [-0.25, -0.2) is 9.98 Å². The highest BCUT2D eigenvalue weighted by Crippen LogP contribution is 2.36. The first-order chi connectivity index (χ1) is 22.2. The first kappa shape index (κ1) is 34.8. The predicted molar refractivity (Wildman–Crippen MR) is 198 cm³/mol. The Hall–Kier alpha value is -4.06. The molecule has 2 heterocycles. The normalized spacial score (nSPS) is 15.8. The van der Waals surface area contributed by atoms with Gasteiger partial charge in [-0.3, -0.25) is 0 Å². The van der Waals surface area contributed by atoms with E-state index >= 15 is 0 Å². The number of rotatable bonds is 13. The van der Waals surface area contributed by atoms with Crippen LogP contribution in [0.15, 0.2) is 72.5 Å². The van der Waals surface area contributed by atoms with Crippen LogP contribution < -0.4 is 19.9 Å². The zero-order chi connectivity index (χ0) is 33.2. The van der Waals surface area contributed by atoms with Crippen molar-refractivity contribution < 1.29 is 4.74 Å². The fourth-order valence-corrected chi connectivity index (χ4v) is 5.98. The number of pyridine rings is 1. The molecule has 0 spiro atoms. The Kier molecular flexibility index (Phi) is 12.5. The number of fused-ring (bicyclic) bond motifs is 1. The predicted octanol–water partition coefficient (Wildman–Crippen LogP) is 10.6. The van der Waals surface area contributed by atoms with Crippen LogP contribution in [0.3, 0.4) is 0 Å². The number of amidine groups is 1. The molecule has 2 aromatic carbocycles. The first-order valence-electron chi connectivity index (χ1n) is 17.2. The molecule has 1 aliphatic heterocycles. The number of allylic oxidation sites excluding steroid dienone is 1. The molecule has 1 N–H and O–H groups in total. The van der Waals surface area contributed by atoms with Crippen LogP contribution in [0.1, 0.15) is 101 Å². The molecular weight excluding hydrogens is 566 g/mol. The number of benzene rings is 2. The van der Waals surface area contributed by atoms with Crippen molar-refractivity contribution in [3.63, 3.8) is 0 Å². The molecule has 4 rings (SSSR count). The third-order valence-corrected chi connectivity index (χ3v) is 9.02. The van der Waals surface area contributed by atoms with Crippen LogP contribution in [0.2, 0.25) is 0 Å². The fraction of sp³-hybridized carbons (Fsp3) is 0.450. The van der Waals surface area contributed by atoms with E-state index in [4.69, 9.17) is 14.7 Å². The molecule has 2 unspecified atom stereocenters. The number of aryl methyl sites for hydroxylation is 3. The number of hydrogen-bond acceptors (Lipinski definition) is 5. The standard InChI is InChI=1S/C40H55N5O/c1-10-14-22-41-39(38-31(8)24-32-17-16-28(5)27-45(23-15-11-2)40(32)43-38)42-33-18-21-37(30(7)25-33)46-34-19-20-36(44(9)13-4)35(26-34)29(6)12-3/h13-14,18-22,24-26,28-29H,4,10-12,15-17,23,27H2,1-3,5-9H3,(H,41,42)/b22-14+. The summed E-state index contributed by atoms with van der Waals surface area (Å²) < 4.78 is 6.45. The van der Waals surface area contributed by atoms with E-state index in [-0.39, 0.29) is 0 Å². The minimum absolute atomic E-state index is 0.403. The lowest BCUT2D eigenvalue weighted by Crippen LogP contribution is -2.30. The lowest BCUT2D eigenvalue weighted by molar-refractivity contribution is 0.477. The Bertz CT molecular complexity index is 1540. The van der Waals surface area contributed by atoms with Crippen molar-refractivity contribution in [1.82, 2.24) is 4.98 Å². The summed E-state index contributed by atoms with van der Waals surface area (Å²) in [5, 5.41) is 3.62. The quantitative estimate of drug-likeness (QED) is 0.152. The summed E-state index contributed by atoms with van der Waals surface area (Å²) in [5.74, 6) is 4.58. The second-order valence-electron chi connectivity index (χ2n) is 12.9. The summed E-state index contributed by atoms with van der Waals surface area (Å²) in [6, 6.07) is 14.9. The van der Waals surface area contributed by atoms with Gasteiger partial charge < -0.3 is 19.9 Å². The number of unbranched alkanes of at least 4 members (excludes halogenated alkanes) is 1. The van der Waals surface area contributed by atoms with E-state index < -0.39 is 0 Å². The van der Waals surface area contributed by atoms with Crippen molar-refractivity contribution in [3.05, 3.63) is 95.5 Å². The molecule has 0 aliphatic carbocycles. The van der Waals surface area contributed by atoms with Crippen LogP contribution in [-0.2, 0) is 6.42 Å². The maximum atomic E-state index is 6.45. The second kappa shape index (κ2) is 16.5. The van der Waals surface area contributed by atoms with Gasteiger partial charge in [0.15, 0.2) is 5.84 Å². The maximum Gasteiger partial charge on any atom is 0.156 e. The Morgan fingerprint density at radius 1 is 1.15 bits per heavy atom. The van der Waals surface area contributed by atoms with Gasteiger partial charge in [-0.2, -0.15) is 0 Å². The molecule has 0 fully saturated rings. The number of aromatic nitrogens is 1. The van der Waals surface area contributed by atoms with Gasteiger partial charge in [0.05, 0.1) is 0 Å². The summed E-state index contributed by atoms with van der Waals surface area (Å²) in [4.78, 5) is 14.8. The molecule has 2 atom stereocenters. The molecule has 6 nitrogen and oxygen atoms in total. The van der Waals surface area contributed by atoms with Gasteiger partial charge in [0.1, 0.15) is 23.0 Å². The minimum Gasteiger partial charge on any atom is -0.457 e. The van der Waals surface area contributed by atoms with Crippen LogP contribution in [0.25, 0.3) is 0 Å². The van der Waals surface area contributed by atoms with E-state index in [9.17, 15) is 0 Å². The highest BCUT2D eigenvalue weighted by Gasteiger charge is 2.23. The molecular formula is C40H55N5O. The number of nitrogens with zero attached hydrogens (tertiary/aromatic N) is 4. The van der Waals surface area contributed by atoms with Crippen molar-refractivity contribution in [2.75, 3.05) is 35.3 Å². The molecule has 1 aliphatic rings. The Balaban J connectivity index is 1.64. The zero-order valence-corrected chi connectivity index (χ0v) is 29.5. The van der Waals surface area contributed by atoms with Crippen LogP contribution >= 0.6 is 0 Å². The molecule has 1 aromatic heterocycles. The van der Waals surface area contributed by atoms with Crippen LogP contribution in [0.5, 0.6) is 11.5 Å². The maximum absolute atomic E-state index is 6.45. The first-order valence-corrected chi connectivity index (χ1v) is 17.2. The second-order valence-corrected chi connectivity index (χ2v) is 12.9. The topological polar surface area (TPSA) is 53.0 Å². The number of nitrogens with one attached hydrogen (secondary N) is 1. The molecule has 0 radical (unpaired) electrons. The SMILES string of the molecule is C=CN(C)c1ccc(Oc2ccc(NC(=N/C=C/CC)c3nc4c(cc3C)CCC(C)CN4CCCC)cc2C)cc1C(C)CC. The molecule has 3 aromatic rings. The highest BCUT2D eigenvalue weighted by atomic mass is 16.5. The van der Waals surface area contributed by atoms with Gasteiger partial charge >= 0.3 is 0 Å². The third-order valence-electron chi connectivity index (χ3n) is 9.02. The third kappa shape index (κ3) is 8.60. The van der Waals surface area contributed by atoms with E-state index in [0.29, 0.717) is 11.8 Å². The van der Waals surface area contributed by atoms with Crippen LogP contribution in [0, 0.1) is 19.8 Å². The van der Waals surface area contributed by atoms with Crippen molar-refractivity contribution in [2.45, 2.75) is 92.9 Å². The van der Waals surface area contributed by atoms with Gasteiger partial charge in [-0.1, -0.05) is 59.8 Å². The summed E-state index contributed by atoms with van der Waals surface area (Å²) in [5.41, 5.74) is 7.78. The molecule has 0 saturated carbocycles. The molecule has 0 amide bonds. The highest BCUT2D eigenvalue weighted by molar-refractivity contribution is 6.08. The Morgan fingerprint density at radius 3 is 2.65 bits per heavy atom. The van der Waals surface area contributed by atoms with Gasteiger partial charge in [0.2, 0.25) is 0 Å². The fourth-order valence-electron chi connectivity index (χ4n) is 5.98. The average Bonchev–Trinajstić information content (AvgIpc) is 3.20. The molecule has 6 heteroatoms. The molecule has 0 saturated heterocycles. The number of hydrogen-bond donors (Lipinski definition) is 1. The van der Waals surface area contributed by atoms with E-state index in [1.165, 1.54) is 24.0 Å². The summed E-state index contributed by atoms with van der Waals surface area (Å²) >= 11 is 0. The molecule has 246 valence electrons. The largest absolute Gasteiger partial charge is 0.457 e. The van der Waals surface area contributed by atoms with Crippen molar-refractivity contribution >= 4 is 23.0 Å². The lowest BCUT2D eigenvalue weighted by Gasteiger charge is -2.26. The minimum atomic E-state index is 0.403. The average molecular weight is 622 g/mol. The van der Waals surface area contributed by atoms with Crippen molar-refractivity contribution in [3.8, 4) is 11.5 Å². The monoisotopic (exact) mass is 621 g/mol. The zero-order valence-electron chi connectivity index (χ0n) is 29.5. The summed E-state index contributed by atoms with van der Waals surface area (Å²) in [6.45, 7) is 21.5. The Morgan fingerprint density at radius 2 is 1.96 bits per heavy atom.